The molecule has 1 aliphatic heterocycles. The van der Waals surface area contributed by atoms with Gasteiger partial charge < -0.3 is 15.3 Å². The Labute approximate surface area is 128 Å². The highest BCUT2D eigenvalue weighted by Crippen LogP contribution is 2.25. The number of amides is 2. The molecular formula is C15H20N2O3S. The summed E-state index contributed by atoms with van der Waals surface area (Å²) in [5.41, 5.74) is 1.31. The molecule has 1 aromatic carbocycles. The zero-order valence-corrected chi connectivity index (χ0v) is 13.2. The maximum atomic E-state index is 12.3. The van der Waals surface area contributed by atoms with Crippen LogP contribution in [-0.2, 0) is 0 Å². The summed E-state index contributed by atoms with van der Waals surface area (Å²) in [5.74, 6) is -1.04. The van der Waals surface area contributed by atoms with Crippen LogP contribution in [0.1, 0.15) is 29.8 Å². The molecule has 2 atom stereocenters. The van der Waals surface area contributed by atoms with E-state index in [0.717, 1.165) is 5.56 Å². The number of carboxylic acids is 1. The monoisotopic (exact) mass is 308 g/mol. The number of thioether (sulfide) groups is 1. The van der Waals surface area contributed by atoms with Gasteiger partial charge in [-0.15, -0.1) is 0 Å². The van der Waals surface area contributed by atoms with Gasteiger partial charge in [-0.05, 0) is 19.1 Å². The number of hydrogen-bond acceptors (Lipinski definition) is 3. The fraction of sp³-hybridized carbons (Fsp3) is 0.467. The second-order valence-electron chi connectivity index (χ2n) is 5.45. The number of aromatic carboxylic acids is 1. The van der Waals surface area contributed by atoms with Crippen molar-refractivity contribution in [3.8, 4) is 0 Å². The first kappa shape index (κ1) is 15.7. The molecule has 1 aliphatic rings. The van der Waals surface area contributed by atoms with E-state index in [0.29, 0.717) is 29.3 Å². The third kappa shape index (κ3) is 3.91. The normalized spacial score (nSPS) is 22.0. The van der Waals surface area contributed by atoms with Crippen LogP contribution in [0.3, 0.4) is 0 Å². The molecule has 0 saturated carbocycles. The van der Waals surface area contributed by atoms with Crippen LogP contribution in [0.5, 0.6) is 0 Å². The lowest BCUT2D eigenvalue weighted by atomic mass is 10.1. The van der Waals surface area contributed by atoms with Gasteiger partial charge in [-0.25, -0.2) is 9.59 Å². The Morgan fingerprint density at radius 3 is 2.48 bits per heavy atom. The van der Waals surface area contributed by atoms with Crippen molar-refractivity contribution in [2.75, 3.05) is 18.4 Å². The molecule has 2 amide bonds. The maximum absolute atomic E-state index is 12.3. The van der Waals surface area contributed by atoms with Crippen molar-refractivity contribution in [3.63, 3.8) is 0 Å². The molecular weight excluding hydrogens is 288 g/mol. The van der Waals surface area contributed by atoms with Crippen molar-refractivity contribution in [1.82, 2.24) is 4.90 Å². The van der Waals surface area contributed by atoms with Gasteiger partial charge in [0.1, 0.15) is 0 Å². The summed E-state index contributed by atoms with van der Waals surface area (Å²) in [6.07, 6.45) is 0. The van der Waals surface area contributed by atoms with Crippen LogP contribution >= 0.6 is 11.8 Å². The van der Waals surface area contributed by atoms with Gasteiger partial charge in [0.15, 0.2) is 0 Å². The zero-order valence-electron chi connectivity index (χ0n) is 12.4. The number of urea groups is 1. The summed E-state index contributed by atoms with van der Waals surface area (Å²) >= 11 is 1.86. The average molecular weight is 308 g/mol. The quantitative estimate of drug-likeness (QED) is 0.881. The largest absolute Gasteiger partial charge is 0.478 e. The molecule has 0 radical (unpaired) electrons. The Balaban J connectivity index is 2.14. The van der Waals surface area contributed by atoms with E-state index < -0.39 is 5.97 Å². The molecule has 114 valence electrons. The molecule has 1 saturated heterocycles. The lowest BCUT2D eigenvalue weighted by Crippen LogP contribution is -2.46. The molecule has 0 bridgehead atoms. The second kappa shape index (κ2) is 6.39. The number of carboxylic acid groups (broad SMARTS) is 1. The Morgan fingerprint density at radius 2 is 1.90 bits per heavy atom. The summed E-state index contributed by atoms with van der Waals surface area (Å²) in [6, 6.07) is 4.76. The first-order valence-corrected chi connectivity index (χ1v) is 7.86. The number of aryl methyl sites for hydroxylation is 1. The van der Waals surface area contributed by atoms with Crippen LogP contribution in [0.25, 0.3) is 0 Å². The van der Waals surface area contributed by atoms with Crippen molar-refractivity contribution in [1.29, 1.82) is 0 Å². The van der Waals surface area contributed by atoms with Crippen LogP contribution < -0.4 is 5.32 Å². The minimum absolute atomic E-state index is 0.121. The Hall–Kier alpha value is -1.69. The number of carbonyl (C=O) groups is 2. The molecule has 1 fully saturated rings. The summed E-state index contributed by atoms with van der Waals surface area (Å²) < 4.78 is 0. The van der Waals surface area contributed by atoms with Gasteiger partial charge in [-0.1, -0.05) is 25.5 Å². The molecule has 0 aliphatic carbocycles. The van der Waals surface area contributed by atoms with Crippen molar-refractivity contribution in [2.24, 2.45) is 0 Å². The first-order chi connectivity index (χ1) is 9.86. The maximum Gasteiger partial charge on any atom is 0.337 e. The molecule has 1 aromatic rings. The van der Waals surface area contributed by atoms with Crippen LogP contribution in [0.4, 0.5) is 10.5 Å². The summed E-state index contributed by atoms with van der Waals surface area (Å²) in [5, 5.41) is 12.7. The Bertz CT molecular complexity index is 552. The predicted molar refractivity (Wildman–Crippen MR) is 85.2 cm³/mol. The number of anilines is 1. The second-order valence-corrected chi connectivity index (χ2v) is 7.33. The van der Waals surface area contributed by atoms with Crippen molar-refractivity contribution >= 4 is 29.4 Å². The van der Waals surface area contributed by atoms with Crippen LogP contribution in [0.15, 0.2) is 18.2 Å². The van der Waals surface area contributed by atoms with E-state index in [1.54, 1.807) is 23.1 Å². The van der Waals surface area contributed by atoms with Crippen LogP contribution in [0.2, 0.25) is 0 Å². The lowest BCUT2D eigenvalue weighted by Gasteiger charge is -2.34. The summed E-state index contributed by atoms with van der Waals surface area (Å²) in [7, 11) is 0. The third-order valence-corrected chi connectivity index (χ3v) is 4.58. The van der Waals surface area contributed by atoms with E-state index in [9.17, 15) is 14.7 Å². The van der Waals surface area contributed by atoms with Crippen LogP contribution in [0, 0.1) is 6.92 Å². The minimum atomic E-state index is -1.04. The lowest BCUT2D eigenvalue weighted by molar-refractivity contribution is 0.0698. The van der Waals surface area contributed by atoms with Crippen molar-refractivity contribution in [2.45, 2.75) is 31.3 Å². The molecule has 0 spiro atoms. The van der Waals surface area contributed by atoms with Crippen molar-refractivity contribution in [3.05, 3.63) is 29.3 Å². The van der Waals surface area contributed by atoms with E-state index in [2.05, 4.69) is 19.2 Å². The highest BCUT2D eigenvalue weighted by Gasteiger charge is 2.26. The highest BCUT2D eigenvalue weighted by molar-refractivity contribution is 8.00. The van der Waals surface area contributed by atoms with Gasteiger partial charge >= 0.3 is 12.0 Å². The highest BCUT2D eigenvalue weighted by atomic mass is 32.2. The summed E-state index contributed by atoms with van der Waals surface area (Å²) in [4.78, 5) is 25.3. The predicted octanol–water partition coefficient (Wildman–Crippen LogP) is 3.05. The third-order valence-electron chi connectivity index (χ3n) is 3.35. The Morgan fingerprint density at radius 1 is 1.29 bits per heavy atom. The molecule has 2 rings (SSSR count). The molecule has 21 heavy (non-hydrogen) atoms. The smallest absolute Gasteiger partial charge is 0.337 e. The van der Waals surface area contributed by atoms with Gasteiger partial charge in [0.25, 0.3) is 0 Å². The van der Waals surface area contributed by atoms with Gasteiger partial charge in [0.05, 0.1) is 11.3 Å². The van der Waals surface area contributed by atoms with Gasteiger partial charge in [0.2, 0.25) is 0 Å². The number of rotatable bonds is 2. The van der Waals surface area contributed by atoms with Gasteiger partial charge in [-0.2, -0.15) is 11.8 Å². The van der Waals surface area contributed by atoms with Crippen molar-refractivity contribution < 1.29 is 14.7 Å². The number of nitrogens with one attached hydrogen (secondary N) is 1. The molecule has 2 N–H and O–H groups in total. The number of nitrogens with zero attached hydrogens (tertiary/aromatic N) is 1. The Kier molecular flexibility index (Phi) is 4.77. The molecule has 1 heterocycles. The average Bonchev–Trinajstić information content (AvgIpc) is 2.39. The van der Waals surface area contributed by atoms with E-state index in [1.165, 1.54) is 0 Å². The fourth-order valence-electron chi connectivity index (χ4n) is 2.48. The minimum Gasteiger partial charge on any atom is -0.478 e. The van der Waals surface area contributed by atoms with Gasteiger partial charge in [-0.3, -0.25) is 0 Å². The molecule has 0 aromatic heterocycles. The summed E-state index contributed by atoms with van der Waals surface area (Å²) in [6.45, 7) is 7.36. The molecule has 6 heteroatoms. The molecule has 2 unspecified atom stereocenters. The standard InChI is InChI=1S/C15H20N2O3S/c1-9-4-5-13(12(6-9)14(18)19)16-15(20)17-7-10(2)21-11(3)8-17/h4-6,10-11H,7-8H2,1-3H3,(H,16,20)(H,18,19). The SMILES string of the molecule is Cc1ccc(NC(=O)N2CC(C)SC(C)C2)c(C(=O)O)c1. The van der Waals surface area contributed by atoms with E-state index in [4.69, 9.17) is 0 Å². The topological polar surface area (TPSA) is 69.6 Å². The molecule has 5 nitrogen and oxygen atoms in total. The van der Waals surface area contributed by atoms with E-state index in [-0.39, 0.29) is 11.6 Å². The zero-order chi connectivity index (χ0) is 15.6. The van der Waals surface area contributed by atoms with E-state index in [1.807, 2.05) is 18.7 Å². The van der Waals surface area contributed by atoms with E-state index >= 15 is 0 Å². The fourth-order valence-corrected chi connectivity index (χ4v) is 3.81. The number of hydrogen-bond donors (Lipinski definition) is 2. The number of carbonyl (C=O) groups excluding carboxylic acids is 1. The van der Waals surface area contributed by atoms with Crippen LogP contribution in [-0.4, -0.2) is 45.6 Å². The van der Waals surface area contributed by atoms with Gasteiger partial charge in [0, 0.05) is 23.6 Å². The number of benzene rings is 1. The first-order valence-electron chi connectivity index (χ1n) is 6.92.